The number of hydrogen-bond donors (Lipinski definition) is 0. The minimum atomic E-state index is -0.760. The van der Waals surface area contributed by atoms with E-state index in [0.717, 1.165) is 63.7 Å². The van der Waals surface area contributed by atoms with Crippen molar-refractivity contribution in [2.75, 3.05) is 13.2 Å². The lowest BCUT2D eigenvalue weighted by atomic mass is 10.0. The lowest BCUT2D eigenvalue weighted by Gasteiger charge is -2.18. The zero-order valence-corrected chi connectivity index (χ0v) is 38.8. The summed E-state index contributed by atoms with van der Waals surface area (Å²) in [4.78, 5) is 37.8. The Bertz CT molecular complexity index is 857. The molecule has 0 aliphatic heterocycles. The van der Waals surface area contributed by atoms with E-state index in [1.165, 1.54) is 180 Å². The van der Waals surface area contributed by atoms with E-state index in [4.69, 9.17) is 14.2 Å². The fourth-order valence-electron chi connectivity index (χ4n) is 7.69. The van der Waals surface area contributed by atoms with Crippen molar-refractivity contribution in [2.45, 2.75) is 291 Å². The summed E-state index contributed by atoms with van der Waals surface area (Å²) in [5.74, 6) is -0.0290. The highest BCUT2D eigenvalue weighted by molar-refractivity contribution is 5.71. The summed E-state index contributed by atoms with van der Waals surface area (Å²) in [7, 11) is 0. The Morgan fingerprint density at radius 3 is 0.860 bits per heavy atom. The molecule has 0 aromatic carbocycles. The quantitative estimate of drug-likeness (QED) is 0.0346. The van der Waals surface area contributed by atoms with Crippen LogP contribution in [0.25, 0.3) is 0 Å². The van der Waals surface area contributed by atoms with Crippen LogP contribution in [-0.4, -0.2) is 37.2 Å². The highest BCUT2D eigenvalue weighted by atomic mass is 16.6. The van der Waals surface area contributed by atoms with Gasteiger partial charge in [-0.05, 0) is 25.2 Å². The van der Waals surface area contributed by atoms with Gasteiger partial charge in [0.05, 0.1) is 0 Å². The first-order valence-electron chi connectivity index (χ1n) is 25.4. The lowest BCUT2D eigenvalue weighted by molar-refractivity contribution is -0.167. The predicted molar refractivity (Wildman–Crippen MR) is 243 cm³/mol. The second-order valence-electron chi connectivity index (χ2n) is 17.9. The Morgan fingerprint density at radius 1 is 0.333 bits per heavy atom. The smallest absolute Gasteiger partial charge is 0.306 e. The summed E-state index contributed by atoms with van der Waals surface area (Å²) in [6.45, 7) is 9.00. The Kier molecular flexibility index (Phi) is 44.2. The molecule has 6 heteroatoms. The maximum atomic E-state index is 12.8. The normalized spacial score (nSPS) is 11.9. The van der Waals surface area contributed by atoms with Crippen molar-refractivity contribution in [1.29, 1.82) is 0 Å². The number of carbonyl (C=O) groups is 3. The molecular weight excluding hydrogens is 709 g/mol. The van der Waals surface area contributed by atoms with Crippen LogP contribution in [-0.2, 0) is 28.6 Å². The first-order chi connectivity index (χ1) is 27.9. The molecule has 0 fully saturated rings. The molecule has 0 spiro atoms. The first kappa shape index (κ1) is 55.4. The molecule has 0 unspecified atom stereocenters. The third-order valence-electron chi connectivity index (χ3n) is 11.5. The number of unbranched alkanes of at least 4 members (excludes halogenated alkanes) is 33. The Morgan fingerprint density at radius 2 is 0.579 bits per heavy atom. The maximum absolute atomic E-state index is 12.8. The number of carbonyl (C=O) groups excluding carboxylic acids is 3. The summed E-state index contributed by atoms with van der Waals surface area (Å²) >= 11 is 0. The van der Waals surface area contributed by atoms with Crippen LogP contribution < -0.4 is 0 Å². The van der Waals surface area contributed by atoms with Crippen LogP contribution >= 0.6 is 0 Å². The van der Waals surface area contributed by atoms with E-state index in [-0.39, 0.29) is 31.1 Å². The molecule has 0 radical (unpaired) electrons. The molecule has 338 valence electrons. The molecule has 0 aliphatic rings. The Hall–Kier alpha value is -1.59. The monoisotopic (exact) mass is 807 g/mol. The van der Waals surface area contributed by atoms with E-state index in [9.17, 15) is 14.4 Å². The van der Waals surface area contributed by atoms with Crippen LogP contribution in [0.3, 0.4) is 0 Å². The van der Waals surface area contributed by atoms with E-state index in [0.29, 0.717) is 19.3 Å². The SMILES string of the molecule is CCCCCCCCCCCCCCCCCCC(=O)O[C@@H](COC(=O)CCCCCCCCCCCC)COC(=O)CCCCCCCCCCCCC(C)C. The summed E-state index contributed by atoms with van der Waals surface area (Å²) < 4.78 is 16.8. The van der Waals surface area contributed by atoms with Gasteiger partial charge in [-0.2, -0.15) is 0 Å². The fraction of sp³-hybridized carbons (Fsp3) is 0.941. The van der Waals surface area contributed by atoms with Crippen molar-refractivity contribution in [2.24, 2.45) is 5.92 Å². The number of hydrogen-bond acceptors (Lipinski definition) is 6. The van der Waals surface area contributed by atoms with Crippen LogP contribution in [0.4, 0.5) is 0 Å². The van der Waals surface area contributed by atoms with Gasteiger partial charge in [0, 0.05) is 19.3 Å². The van der Waals surface area contributed by atoms with Gasteiger partial charge < -0.3 is 14.2 Å². The molecule has 57 heavy (non-hydrogen) atoms. The minimum Gasteiger partial charge on any atom is -0.462 e. The zero-order valence-electron chi connectivity index (χ0n) is 38.8. The molecule has 0 aromatic heterocycles. The largest absolute Gasteiger partial charge is 0.462 e. The van der Waals surface area contributed by atoms with Gasteiger partial charge in [-0.25, -0.2) is 0 Å². The molecule has 0 amide bonds. The van der Waals surface area contributed by atoms with E-state index in [2.05, 4.69) is 27.7 Å². The topological polar surface area (TPSA) is 78.9 Å². The van der Waals surface area contributed by atoms with E-state index < -0.39 is 6.10 Å². The van der Waals surface area contributed by atoms with Crippen LogP contribution in [0, 0.1) is 5.92 Å². The fourth-order valence-corrected chi connectivity index (χ4v) is 7.69. The average molecular weight is 807 g/mol. The highest BCUT2D eigenvalue weighted by Gasteiger charge is 2.19. The standard InChI is InChI=1S/C51H98O6/c1-5-7-9-11-13-15-17-18-19-20-21-22-28-32-36-40-44-51(54)57-48(45-55-49(52)42-38-34-30-26-16-14-12-10-8-6-2)46-56-50(53)43-39-35-31-27-24-23-25-29-33-37-41-47(3)4/h47-48H,5-46H2,1-4H3/t48-/m0/s1. The third-order valence-corrected chi connectivity index (χ3v) is 11.5. The van der Waals surface area contributed by atoms with Crippen molar-refractivity contribution < 1.29 is 28.6 Å². The van der Waals surface area contributed by atoms with Crippen molar-refractivity contribution in [3.8, 4) is 0 Å². The van der Waals surface area contributed by atoms with E-state index in [1.807, 2.05) is 0 Å². The summed E-state index contributed by atoms with van der Waals surface area (Å²) in [6.07, 6.45) is 46.6. The van der Waals surface area contributed by atoms with Gasteiger partial charge in [0.25, 0.3) is 0 Å². The molecule has 0 saturated heterocycles. The Balaban J connectivity index is 4.29. The van der Waals surface area contributed by atoms with Crippen molar-refractivity contribution in [3.05, 3.63) is 0 Å². The van der Waals surface area contributed by atoms with E-state index >= 15 is 0 Å². The second-order valence-corrected chi connectivity index (χ2v) is 17.9. The molecule has 0 aliphatic carbocycles. The molecule has 6 nitrogen and oxygen atoms in total. The van der Waals surface area contributed by atoms with Gasteiger partial charge in [-0.1, -0.05) is 246 Å². The zero-order chi connectivity index (χ0) is 41.7. The van der Waals surface area contributed by atoms with Crippen molar-refractivity contribution in [3.63, 3.8) is 0 Å². The number of rotatable bonds is 46. The molecule has 1 atom stereocenters. The van der Waals surface area contributed by atoms with Gasteiger partial charge >= 0.3 is 17.9 Å². The third kappa shape index (κ3) is 45.3. The minimum absolute atomic E-state index is 0.0632. The van der Waals surface area contributed by atoms with Crippen LogP contribution in [0.2, 0.25) is 0 Å². The molecule has 0 bridgehead atoms. The summed E-state index contributed by atoms with van der Waals surface area (Å²) in [5.41, 5.74) is 0. The molecule has 0 aromatic rings. The van der Waals surface area contributed by atoms with Gasteiger partial charge in [0.15, 0.2) is 6.10 Å². The van der Waals surface area contributed by atoms with E-state index in [1.54, 1.807) is 0 Å². The van der Waals surface area contributed by atoms with Crippen molar-refractivity contribution >= 4 is 17.9 Å². The lowest BCUT2D eigenvalue weighted by Crippen LogP contribution is -2.30. The van der Waals surface area contributed by atoms with Crippen LogP contribution in [0.15, 0.2) is 0 Å². The number of esters is 3. The van der Waals surface area contributed by atoms with Gasteiger partial charge in [-0.15, -0.1) is 0 Å². The predicted octanol–water partition coefficient (Wildman–Crippen LogP) is 16.3. The average Bonchev–Trinajstić information content (AvgIpc) is 3.19. The number of ether oxygens (including phenoxy) is 3. The molecule has 0 N–H and O–H groups in total. The molecule has 0 heterocycles. The molecule has 0 rings (SSSR count). The summed E-state index contributed by atoms with van der Waals surface area (Å²) in [5, 5.41) is 0. The van der Waals surface area contributed by atoms with Crippen molar-refractivity contribution in [1.82, 2.24) is 0 Å². The highest BCUT2D eigenvalue weighted by Crippen LogP contribution is 2.17. The summed E-state index contributed by atoms with van der Waals surface area (Å²) in [6, 6.07) is 0. The van der Waals surface area contributed by atoms with Gasteiger partial charge in [-0.3, -0.25) is 14.4 Å². The van der Waals surface area contributed by atoms with Gasteiger partial charge in [0.2, 0.25) is 0 Å². The Labute approximate surface area is 355 Å². The second kappa shape index (κ2) is 45.5. The van der Waals surface area contributed by atoms with Crippen LogP contribution in [0.1, 0.15) is 285 Å². The van der Waals surface area contributed by atoms with Gasteiger partial charge in [0.1, 0.15) is 13.2 Å². The molecular formula is C51H98O6. The first-order valence-corrected chi connectivity index (χ1v) is 25.4. The van der Waals surface area contributed by atoms with Crippen LogP contribution in [0.5, 0.6) is 0 Å². The maximum Gasteiger partial charge on any atom is 0.306 e. The molecule has 0 saturated carbocycles.